The molecule has 0 saturated carbocycles. The van der Waals surface area contributed by atoms with Gasteiger partial charge in [0.05, 0.1) is 17.0 Å². The zero-order valence-electron chi connectivity index (χ0n) is 11.1. The Balaban J connectivity index is 2.01. The maximum atomic E-state index is 11.5. The first-order valence-corrected chi connectivity index (χ1v) is 8.38. The lowest BCUT2D eigenvalue weighted by molar-refractivity contribution is 0.474. The van der Waals surface area contributed by atoms with E-state index < -0.39 is 15.4 Å². The minimum Gasteiger partial charge on any atom is -0.356 e. The Morgan fingerprint density at radius 3 is 2.63 bits per heavy atom. The second-order valence-corrected chi connectivity index (χ2v) is 7.89. The smallest absolute Gasteiger partial charge is 0.171 e. The van der Waals surface area contributed by atoms with E-state index in [0.717, 1.165) is 11.3 Å². The van der Waals surface area contributed by atoms with Crippen LogP contribution in [0.25, 0.3) is 0 Å². The predicted molar refractivity (Wildman–Crippen MR) is 82.2 cm³/mol. The maximum absolute atomic E-state index is 11.5. The Bertz CT molecular complexity index is 598. The number of para-hydroxylation sites is 1. The number of hydrogen-bond donors (Lipinski definition) is 2. The van der Waals surface area contributed by atoms with Crippen LogP contribution in [0.2, 0.25) is 0 Å². The molecule has 1 aromatic rings. The average Bonchev–Trinajstić information content (AvgIpc) is 2.56. The lowest BCUT2D eigenvalue weighted by atomic mass is 10.0. The van der Waals surface area contributed by atoms with Crippen LogP contribution in [0, 0.1) is 6.92 Å². The van der Waals surface area contributed by atoms with Crippen molar-refractivity contribution in [3.8, 4) is 0 Å². The third-order valence-electron chi connectivity index (χ3n) is 3.31. The maximum Gasteiger partial charge on any atom is 0.171 e. The van der Waals surface area contributed by atoms with Crippen molar-refractivity contribution in [3.05, 3.63) is 29.8 Å². The van der Waals surface area contributed by atoms with E-state index in [1.165, 1.54) is 0 Å². The topological polar surface area (TPSA) is 58.2 Å². The van der Waals surface area contributed by atoms with Crippen molar-refractivity contribution in [1.29, 1.82) is 0 Å². The number of nitrogens with one attached hydrogen (secondary N) is 2. The van der Waals surface area contributed by atoms with E-state index in [1.54, 1.807) is 0 Å². The number of rotatable bonds is 2. The summed E-state index contributed by atoms with van der Waals surface area (Å²) in [7, 11) is -2.93. The fourth-order valence-corrected chi connectivity index (χ4v) is 4.70. The fourth-order valence-electron chi connectivity index (χ4n) is 2.25. The molecule has 0 aromatic heterocycles. The van der Waals surface area contributed by atoms with Gasteiger partial charge in [-0.3, -0.25) is 0 Å². The first-order valence-electron chi connectivity index (χ1n) is 6.15. The molecule has 0 bridgehead atoms. The molecule has 1 atom stereocenters. The molecule has 6 heteroatoms. The highest BCUT2D eigenvalue weighted by Gasteiger charge is 2.38. The highest BCUT2D eigenvalue weighted by atomic mass is 32.2. The van der Waals surface area contributed by atoms with Crippen molar-refractivity contribution in [3.63, 3.8) is 0 Å². The largest absolute Gasteiger partial charge is 0.356 e. The van der Waals surface area contributed by atoms with Gasteiger partial charge in [-0.25, -0.2) is 8.42 Å². The third-order valence-corrected chi connectivity index (χ3v) is 5.42. The van der Waals surface area contributed by atoms with E-state index in [2.05, 4.69) is 10.6 Å². The Kier molecular flexibility index (Phi) is 3.82. The number of thiocarbonyl (C=S) groups is 1. The van der Waals surface area contributed by atoms with Crippen LogP contribution in [-0.2, 0) is 9.84 Å². The number of aryl methyl sites for hydroxylation is 1. The average molecular weight is 298 g/mol. The van der Waals surface area contributed by atoms with Crippen LogP contribution in [0.15, 0.2) is 24.3 Å². The third kappa shape index (κ3) is 3.67. The van der Waals surface area contributed by atoms with Crippen molar-refractivity contribution in [1.82, 2.24) is 5.32 Å². The number of sulfone groups is 1. The molecule has 1 aromatic carbocycles. The van der Waals surface area contributed by atoms with E-state index >= 15 is 0 Å². The van der Waals surface area contributed by atoms with E-state index in [9.17, 15) is 8.42 Å². The van der Waals surface area contributed by atoms with Gasteiger partial charge < -0.3 is 10.6 Å². The quantitative estimate of drug-likeness (QED) is 0.816. The molecule has 0 aliphatic carbocycles. The molecule has 4 nitrogen and oxygen atoms in total. The summed E-state index contributed by atoms with van der Waals surface area (Å²) < 4.78 is 23.1. The van der Waals surface area contributed by atoms with Crippen molar-refractivity contribution < 1.29 is 8.42 Å². The van der Waals surface area contributed by atoms with Crippen molar-refractivity contribution in [2.75, 3.05) is 16.8 Å². The Labute approximate surface area is 119 Å². The molecular formula is C13H18N2O2S2. The van der Waals surface area contributed by atoms with Gasteiger partial charge in [-0.1, -0.05) is 18.2 Å². The van der Waals surface area contributed by atoms with E-state index in [4.69, 9.17) is 12.2 Å². The normalized spacial score (nSPS) is 24.9. The highest BCUT2D eigenvalue weighted by molar-refractivity contribution is 7.91. The Morgan fingerprint density at radius 2 is 2.05 bits per heavy atom. The second kappa shape index (κ2) is 5.09. The summed E-state index contributed by atoms with van der Waals surface area (Å²) in [5.74, 6) is 0.360. The van der Waals surface area contributed by atoms with Gasteiger partial charge in [0.1, 0.15) is 0 Å². The van der Waals surface area contributed by atoms with Gasteiger partial charge in [0.25, 0.3) is 0 Å². The van der Waals surface area contributed by atoms with Gasteiger partial charge in [0, 0.05) is 5.69 Å². The summed E-state index contributed by atoms with van der Waals surface area (Å²) in [5.41, 5.74) is 1.56. The van der Waals surface area contributed by atoms with Crippen molar-refractivity contribution >= 4 is 32.9 Å². The molecule has 0 spiro atoms. The summed E-state index contributed by atoms with van der Waals surface area (Å²) in [6.07, 6.45) is 0.588. The molecule has 2 N–H and O–H groups in total. The SMILES string of the molecule is Cc1ccccc1NC(=S)N[C@]1(C)CCS(=O)(=O)C1. The lowest BCUT2D eigenvalue weighted by Gasteiger charge is -2.26. The van der Waals surface area contributed by atoms with Gasteiger partial charge in [0.2, 0.25) is 0 Å². The van der Waals surface area contributed by atoms with Gasteiger partial charge >= 0.3 is 0 Å². The van der Waals surface area contributed by atoms with E-state index in [0.29, 0.717) is 11.5 Å². The van der Waals surface area contributed by atoms with Crippen LogP contribution >= 0.6 is 12.2 Å². The molecule has 1 aliphatic heterocycles. The number of benzene rings is 1. The van der Waals surface area contributed by atoms with Crippen LogP contribution < -0.4 is 10.6 Å². The summed E-state index contributed by atoms with van der Waals surface area (Å²) in [6, 6.07) is 7.82. The lowest BCUT2D eigenvalue weighted by Crippen LogP contribution is -2.48. The standard InChI is InChI=1S/C13H18N2O2S2/c1-10-5-3-4-6-11(10)14-12(18)15-13(2)7-8-19(16,17)9-13/h3-6H,7-9H2,1-2H3,(H2,14,15,18)/t13-/m1/s1. The van der Waals surface area contributed by atoms with E-state index in [1.807, 2.05) is 38.1 Å². The van der Waals surface area contributed by atoms with Gasteiger partial charge in [-0.15, -0.1) is 0 Å². The minimum absolute atomic E-state index is 0.135. The highest BCUT2D eigenvalue weighted by Crippen LogP contribution is 2.23. The van der Waals surface area contributed by atoms with Crippen molar-refractivity contribution in [2.24, 2.45) is 0 Å². The van der Waals surface area contributed by atoms with Crippen LogP contribution in [0.5, 0.6) is 0 Å². The zero-order valence-corrected chi connectivity index (χ0v) is 12.7. The van der Waals surface area contributed by atoms with Crippen LogP contribution in [0.4, 0.5) is 5.69 Å². The molecule has 1 aliphatic rings. The monoisotopic (exact) mass is 298 g/mol. The molecule has 0 amide bonds. The molecule has 1 saturated heterocycles. The summed E-state index contributed by atoms with van der Waals surface area (Å²) in [5, 5.41) is 6.71. The molecule has 2 rings (SSSR count). The number of anilines is 1. The molecular weight excluding hydrogens is 280 g/mol. The predicted octanol–water partition coefficient (Wildman–Crippen LogP) is 1.86. The minimum atomic E-state index is -2.93. The molecule has 19 heavy (non-hydrogen) atoms. The number of hydrogen-bond acceptors (Lipinski definition) is 3. The van der Waals surface area contributed by atoms with E-state index in [-0.39, 0.29) is 11.5 Å². The van der Waals surface area contributed by atoms with Crippen LogP contribution in [0.3, 0.4) is 0 Å². The van der Waals surface area contributed by atoms with Crippen LogP contribution in [0.1, 0.15) is 18.9 Å². The van der Waals surface area contributed by atoms with Gasteiger partial charge in [-0.05, 0) is 44.1 Å². The zero-order chi connectivity index (χ0) is 14.1. The molecule has 1 heterocycles. The molecule has 0 radical (unpaired) electrons. The Hall–Kier alpha value is -1.14. The molecule has 1 fully saturated rings. The summed E-state index contributed by atoms with van der Waals surface area (Å²) in [6.45, 7) is 3.88. The van der Waals surface area contributed by atoms with Crippen molar-refractivity contribution in [2.45, 2.75) is 25.8 Å². The van der Waals surface area contributed by atoms with Gasteiger partial charge in [0.15, 0.2) is 14.9 Å². The first-order chi connectivity index (χ1) is 8.80. The first kappa shape index (κ1) is 14.3. The summed E-state index contributed by atoms with van der Waals surface area (Å²) >= 11 is 5.26. The second-order valence-electron chi connectivity index (χ2n) is 5.30. The van der Waals surface area contributed by atoms with Gasteiger partial charge in [-0.2, -0.15) is 0 Å². The fraction of sp³-hybridized carbons (Fsp3) is 0.462. The van der Waals surface area contributed by atoms with Crippen LogP contribution in [-0.4, -0.2) is 30.6 Å². The summed E-state index contributed by atoms with van der Waals surface area (Å²) in [4.78, 5) is 0. The Morgan fingerprint density at radius 1 is 1.37 bits per heavy atom. The molecule has 104 valence electrons. The molecule has 0 unspecified atom stereocenters.